The standard InChI is InChI=1S/C12H20N4O2S/c1-15(2)12-14-10(13)9(19-12)11(18)16(3)6-7-4-8(17)5-7/h7-8,17H,4-6,13H2,1-3H3. The summed E-state index contributed by atoms with van der Waals surface area (Å²) in [6, 6.07) is 0. The summed E-state index contributed by atoms with van der Waals surface area (Å²) in [5, 5.41) is 9.99. The lowest BCUT2D eigenvalue weighted by atomic mass is 9.82. The molecule has 6 nitrogen and oxygen atoms in total. The van der Waals surface area contributed by atoms with Gasteiger partial charge in [0.25, 0.3) is 5.91 Å². The van der Waals surface area contributed by atoms with Gasteiger partial charge in [-0.15, -0.1) is 0 Å². The Hall–Kier alpha value is -1.34. The highest BCUT2D eigenvalue weighted by Crippen LogP contribution is 2.30. The van der Waals surface area contributed by atoms with E-state index in [1.54, 1.807) is 11.9 Å². The molecule has 1 fully saturated rings. The second-order valence-electron chi connectivity index (χ2n) is 5.28. The van der Waals surface area contributed by atoms with Crippen molar-refractivity contribution < 1.29 is 9.90 Å². The number of carbonyl (C=O) groups excluding carboxylic acids is 1. The van der Waals surface area contributed by atoms with Crippen molar-refractivity contribution in [1.29, 1.82) is 0 Å². The van der Waals surface area contributed by atoms with Crippen molar-refractivity contribution in [1.82, 2.24) is 9.88 Å². The monoisotopic (exact) mass is 284 g/mol. The molecule has 1 saturated carbocycles. The van der Waals surface area contributed by atoms with Crippen molar-refractivity contribution in [3.8, 4) is 0 Å². The van der Waals surface area contributed by atoms with Crippen molar-refractivity contribution in [2.45, 2.75) is 18.9 Å². The number of aromatic nitrogens is 1. The van der Waals surface area contributed by atoms with E-state index in [2.05, 4.69) is 4.98 Å². The van der Waals surface area contributed by atoms with Crippen LogP contribution in [0.2, 0.25) is 0 Å². The number of rotatable bonds is 4. The second-order valence-corrected chi connectivity index (χ2v) is 6.26. The van der Waals surface area contributed by atoms with E-state index in [4.69, 9.17) is 5.73 Å². The van der Waals surface area contributed by atoms with Crippen molar-refractivity contribution in [2.75, 3.05) is 38.3 Å². The number of hydrogen-bond acceptors (Lipinski definition) is 6. The maximum atomic E-state index is 12.3. The Morgan fingerprint density at radius 3 is 2.58 bits per heavy atom. The van der Waals surface area contributed by atoms with Gasteiger partial charge in [0.15, 0.2) is 5.13 Å². The van der Waals surface area contributed by atoms with Gasteiger partial charge in [-0.3, -0.25) is 4.79 Å². The van der Waals surface area contributed by atoms with Crippen LogP contribution in [0.1, 0.15) is 22.5 Å². The molecule has 0 aromatic carbocycles. The lowest BCUT2D eigenvalue weighted by Gasteiger charge is -2.34. The molecule has 0 bridgehead atoms. The third-order valence-electron chi connectivity index (χ3n) is 3.31. The van der Waals surface area contributed by atoms with Crippen LogP contribution in [0.4, 0.5) is 10.9 Å². The van der Waals surface area contributed by atoms with Crippen molar-refractivity contribution in [3.05, 3.63) is 4.88 Å². The molecule has 1 amide bonds. The van der Waals surface area contributed by atoms with Crippen LogP contribution in [0.3, 0.4) is 0 Å². The molecule has 1 heterocycles. The number of amides is 1. The average molecular weight is 284 g/mol. The third-order valence-corrected chi connectivity index (χ3v) is 4.54. The smallest absolute Gasteiger partial charge is 0.267 e. The van der Waals surface area contributed by atoms with Crippen LogP contribution in [0.5, 0.6) is 0 Å². The van der Waals surface area contributed by atoms with E-state index in [9.17, 15) is 9.90 Å². The fourth-order valence-electron chi connectivity index (χ4n) is 2.16. The summed E-state index contributed by atoms with van der Waals surface area (Å²) in [5.41, 5.74) is 5.80. The predicted molar refractivity (Wildman–Crippen MR) is 76.5 cm³/mol. The minimum Gasteiger partial charge on any atom is -0.393 e. The fraction of sp³-hybridized carbons (Fsp3) is 0.667. The van der Waals surface area contributed by atoms with Crippen LogP contribution in [0, 0.1) is 5.92 Å². The van der Waals surface area contributed by atoms with Gasteiger partial charge in [-0.05, 0) is 18.8 Å². The second kappa shape index (κ2) is 5.34. The topological polar surface area (TPSA) is 82.7 Å². The predicted octanol–water partition coefficient (Wildman–Crippen LogP) is 0.634. The van der Waals surface area contributed by atoms with Crippen molar-refractivity contribution >= 4 is 28.2 Å². The van der Waals surface area contributed by atoms with E-state index in [0.29, 0.717) is 23.2 Å². The highest BCUT2D eigenvalue weighted by Gasteiger charge is 2.30. The van der Waals surface area contributed by atoms with Gasteiger partial charge in [0.2, 0.25) is 0 Å². The first kappa shape index (κ1) is 14.1. The number of carbonyl (C=O) groups is 1. The van der Waals surface area contributed by atoms with Gasteiger partial charge in [0.1, 0.15) is 10.7 Å². The molecule has 1 aliphatic rings. The van der Waals surface area contributed by atoms with E-state index in [1.807, 2.05) is 19.0 Å². The van der Waals surface area contributed by atoms with Crippen LogP contribution in [0.15, 0.2) is 0 Å². The van der Waals surface area contributed by atoms with Gasteiger partial charge >= 0.3 is 0 Å². The number of aliphatic hydroxyl groups excluding tert-OH is 1. The normalized spacial score (nSPS) is 21.9. The minimum absolute atomic E-state index is 0.0931. The molecule has 1 aromatic rings. The highest BCUT2D eigenvalue weighted by atomic mass is 32.1. The largest absolute Gasteiger partial charge is 0.393 e. The lowest BCUT2D eigenvalue weighted by molar-refractivity contribution is 0.0266. The zero-order valence-electron chi connectivity index (χ0n) is 11.5. The molecule has 0 aliphatic heterocycles. The molecule has 0 unspecified atom stereocenters. The van der Waals surface area contributed by atoms with Crippen LogP contribution in [0.25, 0.3) is 0 Å². The van der Waals surface area contributed by atoms with Crippen LogP contribution < -0.4 is 10.6 Å². The molecule has 106 valence electrons. The first-order chi connectivity index (χ1) is 8.88. The number of hydrogen-bond donors (Lipinski definition) is 2. The Labute approximate surface area is 116 Å². The fourth-order valence-corrected chi connectivity index (χ4v) is 3.06. The molecule has 19 heavy (non-hydrogen) atoms. The quantitative estimate of drug-likeness (QED) is 0.847. The minimum atomic E-state index is -0.192. The number of anilines is 2. The zero-order chi connectivity index (χ0) is 14.2. The van der Waals surface area contributed by atoms with Gasteiger partial charge in [0.05, 0.1) is 6.10 Å². The maximum absolute atomic E-state index is 12.3. The summed E-state index contributed by atoms with van der Waals surface area (Å²) in [4.78, 5) is 20.5. The van der Waals surface area contributed by atoms with Crippen molar-refractivity contribution in [3.63, 3.8) is 0 Å². The molecule has 1 aliphatic carbocycles. The molecule has 3 N–H and O–H groups in total. The lowest BCUT2D eigenvalue weighted by Crippen LogP contribution is -2.39. The van der Waals surface area contributed by atoms with Gasteiger partial charge in [-0.25, -0.2) is 4.98 Å². The molecule has 1 aromatic heterocycles. The first-order valence-electron chi connectivity index (χ1n) is 6.25. The summed E-state index contributed by atoms with van der Waals surface area (Å²) in [5.74, 6) is 0.593. The van der Waals surface area contributed by atoms with Crippen LogP contribution >= 0.6 is 11.3 Å². The Balaban J connectivity index is 2.02. The highest BCUT2D eigenvalue weighted by molar-refractivity contribution is 7.18. The summed E-state index contributed by atoms with van der Waals surface area (Å²) in [7, 11) is 5.50. The van der Waals surface area contributed by atoms with E-state index in [-0.39, 0.29) is 12.0 Å². The third kappa shape index (κ3) is 2.98. The van der Waals surface area contributed by atoms with Crippen LogP contribution in [-0.2, 0) is 0 Å². The summed E-state index contributed by atoms with van der Waals surface area (Å²) < 4.78 is 0. The summed E-state index contributed by atoms with van der Waals surface area (Å²) in [6.45, 7) is 0.657. The summed E-state index contributed by atoms with van der Waals surface area (Å²) in [6.07, 6.45) is 1.36. The van der Waals surface area contributed by atoms with Gasteiger partial charge in [-0.2, -0.15) is 0 Å². The molecule has 0 radical (unpaired) electrons. The van der Waals surface area contributed by atoms with Gasteiger partial charge < -0.3 is 20.6 Å². The van der Waals surface area contributed by atoms with E-state index in [0.717, 1.165) is 18.0 Å². The van der Waals surface area contributed by atoms with Gasteiger partial charge in [0, 0.05) is 27.7 Å². The molecule has 0 atom stereocenters. The Bertz CT molecular complexity index is 468. The number of thiazole rings is 1. The summed E-state index contributed by atoms with van der Waals surface area (Å²) >= 11 is 1.31. The maximum Gasteiger partial charge on any atom is 0.267 e. The number of aliphatic hydroxyl groups is 1. The van der Waals surface area contributed by atoms with Crippen molar-refractivity contribution in [2.24, 2.45) is 5.92 Å². The molecule has 7 heteroatoms. The molecular weight excluding hydrogens is 264 g/mol. The Morgan fingerprint density at radius 2 is 2.11 bits per heavy atom. The average Bonchev–Trinajstić information content (AvgIpc) is 2.68. The SMILES string of the molecule is CN(CC1CC(O)C1)C(=O)c1sc(N(C)C)nc1N. The van der Waals surface area contributed by atoms with Gasteiger partial charge in [-0.1, -0.05) is 11.3 Å². The Morgan fingerprint density at radius 1 is 1.47 bits per heavy atom. The Kier molecular flexibility index (Phi) is 3.96. The number of nitrogens with two attached hydrogens (primary N) is 1. The molecule has 2 rings (SSSR count). The van der Waals surface area contributed by atoms with E-state index in [1.165, 1.54) is 11.3 Å². The van der Waals surface area contributed by atoms with E-state index >= 15 is 0 Å². The number of nitrogens with zero attached hydrogens (tertiary/aromatic N) is 3. The molecule has 0 spiro atoms. The number of nitrogen functional groups attached to an aromatic ring is 1. The van der Waals surface area contributed by atoms with Crippen LogP contribution in [-0.4, -0.2) is 54.7 Å². The van der Waals surface area contributed by atoms with E-state index < -0.39 is 0 Å². The molecular formula is C12H20N4O2S. The first-order valence-corrected chi connectivity index (χ1v) is 7.07. The zero-order valence-corrected chi connectivity index (χ0v) is 12.3. The molecule has 0 saturated heterocycles.